The quantitative estimate of drug-likeness (QED) is 0.533. The molecule has 32 heavy (non-hydrogen) atoms. The minimum atomic E-state index is -4.61. The minimum Gasteiger partial charge on any atom is -0.493 e. The van der Waals surface area contributed by atoms with Crippen LogP contribution in [0.3, 0.4) is 0 Å². The van der Waals surface area contributed by atoms with Gasteiger partial charge in [-0.05, 0) is 36.4 Å². The molecule has 3 rings (SSSR count). The van der Waals surface area contributed by atoms with E-state index in [1.54, 1.807) is 12.1 Å². The molecule has 0 unspecified atom stereocenters. The molecule has 11 heteroatoms. The number of nitrogens with zero attached hydrogens (tertiary/aromatic N) is 1. The average Bonchev–Trinajstić information content (AvgIpc) is 2.74. The van der Waals surface area contributed by atoms with E-state index in [0.29, 0.717) is 3.71 Å². The van der Waals surface area contributed by atoms with Crippen molar-refractivity contribution in [2.75, 3.05) is 16.1 Å². The third kappa shape index (κ3) is 4.57. The van der Waals surface area contributed by atoms with Crippen LogP contribution in [0.5, 0.6) is 5.75 Å². The summed E-state index contributed by atoms with van der Waals surface area (Å²) in [5.74, 6) is -0.431. The van der Waals surface area contributed by atoms with Gasteiger partial charge in [0.05, 0.1) is 33.3 Å². The van der Waals surface area contributed by atoms with E-state index in [2.05, 4.69) is 5.32 Å². The fourth-order valence-corrected chi connectivity index (χ4v) is 6.95. The van der Waals surface area contributed by atoms with Crippen LogP contribution in [0, 0.1) is 0 Å². The van der Waals surface area contributed by atoms with E-state index >= 15 is 0 Å². The lowest BCUT2D eigenvalue weighted by Gasteiger charge is -2.25. The number of carbonyl (C=O) groups excluding carboxylic acids is 1. The fraction of sp³-hybridized carbons (Fsp3) is 0.0952. The van der Waals surface area contributed by atoms with Crippen LogP contribution in [-0.2, 0) is 24.8 Å². The molecular formula is C21H19ClN2O6S2. The van der Waals surface area contributed by atoms with Gasteiger partial charge in [0.1, 0.15) is 0 Å². The molecule has 0 spiro atoms. The van der Waals surface area contributed by atoms with Crippen molar-refractivity contribution in [3.63, 3.8) is 0 Å². The third-order valence-corrected chi connectivity index (χ3v) is 8.76. The largest absolute Gasteiger partial charge is 0.493 e. The number of ether oxygens (including phenoxy) is 1. The van der Waals surface area contributed by atoms with Crippen molar-refractivity contribution in [2.24, 2.45) is 0 Å². The number of sulfonamides is 2. The minimum absolute atomic E-state index is 0.0130. The summed E-state index contributed by atoms with van der Waals surface area (Å²) in [4.78, 5) is 11.2. The lowest BCUT2D eigenvalue weighted by atomic mass is 10.2. The highest BCUT2D eigenvalue weighted by molar-refractivity contribution is 8.10. The zero-order valence-electron chi connectivity index (χ0n) is 17.0. The molecule has 1 amide bonds. The molecule has 1 N–H and O–H groups in total. The van der Waals surface area contributed by atoms with Gasteiger partial charge in [-0.3, -0.25) is 4.79 Å². The molecule has 0 aliphatic rings. The number of halogens is 1. The molecule has 0 radical (unpaired) electrons. The molecule has 3 aromatic rings. The molecule has 3 aromatic carbocycles. The summed E-state index contributed by atoms with van der Waals surface area (Å²) >= 11 is 6.26. The molecule has 0 aliphatic heterocycles. The summed E-state index contributed by atoms with van der Waals surface area (Å²) in [6.07, 6.45) is 0. The van der Waals surface area contributed by atoms with Gasteiger partial charge < -0.3 is 10.1 Å². The number of nitrogens with one attached hydrogen (secondary N) is 1. The van der Waals surface area contributed by atoms with Crippen LogP contribution < -0.4 is 13.8 Å². The number of hydrogen-bond acceptors (Lipinski definition) is 6. The van der Waals surface area contributed by atoms with Crippen molar-refractivity contribution in [3.8, 4) is 5.75 Å². The van der Waals surface area contributed by atoms with Crippen molar-refractivity contribution in [1.82, 2.24) is 0 Å². The van der Waals surface area contributed by atoms with Crippen molar-refractivity contribution >= 4 is 48.9 Å². The Labute approximate surface area is 191 Å². The van der Waals surface area contributed by atoms with E-state index in [0.717, 1.165) is 6.07 Å². The molecule has 0 saturated carbocycles. The van der Waals surface area contributed by atoms with Crippen LogP contribution >= 0.6 is 11.6 Å². The summed E-state index contributed by atoms with van der Waals surface area (Å²) in [6, 6.07) is 16.6. The van der Waals surface area contributed by atoms with Gasteiger partial charge in [0.25, 0.3) is 20.0 Å². The van der Waals surface area contributed by atoms with E-state index < -0.39 is 26.0 Å². The van der Waals surface area contributed by atoms with Crippen molar-refractivity contribution < 1.29 is 26.4 Å². The highest BCUT2D eigenvalue weighted by Gasteiger charge is 2.37. The highest BCUT2D eigenvalue weighted by atomic mass is 35.5. The van der Waals surface area contributed by atoms with Crippen LogP contribution in [0.25, 0.3) is 0 Å². The van der Waals surface area contributed by atoms with E-state index in [-0.39, 0.29) is 31.9 Å². The Balaban J connectivity index is 2.34. The Bertz CT molecular complexity index is 1280. The van der Waals surface area contributed by atoms with Gasteiger partial charge in [-0.15, -0.1) is 0 Å². The van der Waals surface area contributed by atoms with Crippen LogP contribution in [-0.4, -0.2) is 29.9 Å². The number of anilines is 2. The Morgan fingerprint density at radius 3 is 1.75 bits per heavy atom. The Hall–Kier alpha value is -3.08. The van der Waals surface area contributed by atoms with Crippen LogP contribution in [0.4, 0.5) is 11.4 Å². The summed E-state index contributed by atoms with van der Waals surface area (Å²) < 4.78 is 59.6. The van der Waals surface area contributed by atoms with Gasteiger partial charge in [-0.1, -0.05) is 48.0 Å². The van der Waals surface area contributed by atoms with E-state index in [4.69, 9.17) is 16.3 Å². The third-order valence-electron chi connectivity index (χ3n) is 4.27. The highest BCUT2D eigenvalue weighted by Crippen LogP contribution is 2.40. The average molecular weight is 495 g/mol. The van der Waals surface area contributed by atoms with Crippen molar-refractivity contribution in [1.29, 1.82) is 0 Å². The molecule has 0 saturated heterocycles. The normalized spacial score (nSPS) is 11.6. The van der Waals surface area contributed by atoms with Crippen molar-refractivity contribution in [2.45, 2.75) is 16.7 Å². The maximum atomic E-state index is 13.5. The van der Waals surface area contributed by atoms with Crippen LogP contribution in [0.1, 0.15) is 6.92 Å². The zero-order chi connectivity index (χ0) is 23.5. The molecule has 0 atom stereocenters. The summed E-state index contributed by atoms with van der Waals surface area (Å²) in [7, 11) is -7.91. The second kappa shape index (κ2) is 9.19. The maximum Gasteiger partial charge on any atom is 0.277 e. The van der Waals surface area contributed by atoms with Crippen LogP contribution in [0.15, 0.2) is 82.6 Å². The molecule has 0 aromatic heterocycles. The second-order valence-electron chi connectivity index (χ2n) is 6.52. The Morgan fingerprint density at radius 1 is 0.875 bits per heavy atom. The smallest absolute Gasteiger partial charge is 0.277 e. The van der Waals surface area contributed by atoms with Gasteiger partial charge in [0.15, 0.2) is 5.75 Å². The second-order valence-corrected chi connectivity index (χ2v) is 10.7. The lowest BCUT2D eigenvalue weighted by Crippen LogP contribution is -2.37. The molecule has 0 heterocycles. The number of rotatable bonds is 7. The predicted octanol–water partition coefficient (Wildman–Crippen LogP) is 3.89. The fourth-order valence-electron chi connectivity index (χ4n) is 2.96. The predicted molar refractivity (Wildman–Crippen MR) is 122 cm³/mol. The monoisotopic (exact) mass is 494 g/mol. The Morgan fingerprint density at radius 2 is 1.34 bits per heavy atom. The van der Waals surface area contributed by atoms with E-state index in [1.165, 1.54) is 68.6 Å². The molecule has 0 bridgehead atoms. The zero-order valence-corrected chi connectivity index (χ0v) is 19.4. The first-order valence-electron chi connectivity index (χ1n) is 9.15. The molecule has 8 nitrogen and oxygen atoms in total. The van der Waals surface area contributed by atoms with Gasteiger partial charge in [-0.25, -0.2) is 16.8 Å². The van der Waals surface area contributed by atoms with Crippen molar-refractivity contribution in [3.05, 3.63) is 77.8 Å². The van der Waals surface area contributed by atoms with E-state index in [9.17, 15) is 21.6 Å². The summed E-state index contributed by atoms with van der Waals surface area (Å²) in [6.45, 7) is 1.24. The van der Waals surface area contributed by atoms with Gasteiger partial charge in [0, 0.05) is 6.92 Å². The van der Waals surface area contributed by atoms with Gasteiger partial charge in [-0.2, -0.15) is 3.71 Å². The molecule has 0 aliphatic carbocycles. The number of benzene rings is 3. The molecule has 0 fully saturated rings. The van der Waals surface area contributed by atoms with E-state index in [1.807, 2.05) is 0 Å². The molecular weight excluding hydrogens is 476 g/mol. The first kappa shape index (κ1) is 23.6. The van der Waals surface area contributed by atoms with Gasteiger partial charge in [0.2, 0.25) is 5.91 Å². The maximum absolute atomic E-state index is 13.5. The van der Waals surface area contributed by atoms with Gasteiger partial charge >= 0.3 is 0 Å². The number of hydrogen-bond donors (Lipinski definition) is 1. The number of methoxy groups -OCH3 is 1. The standard InChI is InChI=1S/C21H19ClN2O6S2/c1-15(25)23-20-14-16(13-19(22)21(20)30-2)24(31(26,27)17-9-5-3-6-10-17)32(28,29)18-11-7-4-8-12-18/h3-14H,1-2H3,(H,23,25). The summed E-state index contributed by atoms with van der Waals surface area (Å²) in [5, 5.41) is 2.39. The first-order chi connectivity index (χ1) is 15.1. The molecule has 168 valence electrons. The first-order valence-corrected chi connectivity index (χ1v) is 12.4. The number of carbonyl (C=O) groups is 1. The SMILES string of the molecule is COc1c(Cl)cc(N(S(=O)(=O)c2ccccc2)S(=O)(=O)c2ccccc2)cc1NC(C)=O. The lowest BCUT2D eigenvalue weighted by molar-refractivity contribution is -0.114. The topological polar surface area (TPSA) is 110 Å². The van der Waals surface area contributed by atoms with Crippen LogP contribution in [0.2, 0.25) is 5.02 Å². The Kier molecular flexibility index (Phi) is 6.77. The number of amides is 1. The summed E-state index contributed by atoms with van der Waals surface area (Å²) in [5.41, 5.74) is -0.286.